The third-order valence-electron chi connectivity index (χ3n) is 8.04. The molecule has 0 aromatic heterocycles. The molecule has 2 fully saturated rings. The van der Waals surface area contributed by atoms with E-state index in [0.29, 0.717) is 16.8 Å². The van der Waals surface area contributed by atoms with E-state index in [1.165, 1.54) is 72.7 Å². The monoisotopic (exact) mass is 649 g/mol. The highest BCUT2D eigenvalue weighted by Gasteiger charge is 2.49. The van der Waals surface area contributed by atoms with E-state index >= 15 is 0 Å². The number of carbonyl (C=O) groups is 1. The zero-order valence-electron chi connectivity index (χ0n) is 24.0. The summed E-state index contributed by atoms with van der Waals surface area (Å²) in [6, 6.07) is 16.2. The summed E-state index contributed by atoms with van der Waals surface area (Å²) < 4.78 is 67.9. The van der Waals surface area contributed by atoms with Crippen LogP contribution in [0.2, 0.25) is 0 Å². The minimum atomic E-state index is -4.37. The Balaban J connectivity index is 1.31. The second-order valence-corrected chi connectivity index (χ2v) is 12.6. The van der Waals surface area contributed by atoms with Crippen LogP contribution in [-0.2, 0) is 24.4 Å². The number of aliphatic hydroxyl groups excluding tert-OH is 4. The van der Waals surface area contributed by atoms with Gasteiger partial charge in [0.15, 0.2) is 6.29 Å². The first-order valence-corrected chi connectivity index (χ1v) is 15.7. The van der Waals surface area contributed by atoms with Crippen LogP contribution in [0.1, 0.15) is 36.1 Å². The molecule has 0 bridgehead atoms. The third-order valence-corrected chi connectivity index (χ3v) is 9.22. The lowest BCUT2D eigenvalue weighted by Gasteiger charge is -2.48. The topological polar surface area (TPSA) is 163 Å². The van der Waals surface area contributed by atoms with Crippen molar-refractivity contribution < 1.29 is 56.1 Å². The van der Waals surface area contributed by atoms with Crippen molar-refractivity contribution in [3.8, 4) is 5.75 Å². The van der Waals surface area contributed by atoms with Gasteiger partial charge >= 0.3 is 10.1 Å². The van der Waals surface area contributed by atoms with E-state index < -0.39 is 76.3 Å². The molecule has 3 aromatic rings. The van der Waals surface area contributed by atoms with Gasteiger partial charge in [0, 0.05) is 12.8 Å². The summed E-state index contributed by atoms with van der Waals surface area (Å²) in [4.78, 5) is 14.8. The lowest BCUT2D eigenvalue weighted by molar-refractivity contribution is -0.285. The lowest BCUT2D eigenvalue weighted by Crippen LogP contribution is -2.59. The molecule has 0 aliphatic carbocycles. The number of hydrogen-bond acceptors (Lipinski definition) is 10. The van der Waals surface area contributed by atoms with Gasteiger partial charge in [0.1, 0.15) is 47.6 Å². The summed E-state index contributed by atoms with van der Waals surface area (Å²) in [5.41, 5.74) is 1.58. The first kappa shape index (κ1) is 32.9. The molecular formula is C31H33F2NO10S. The van der Waals surface area contributed by atoms with Crippen molar-refractivity contribution in [2.45, 2.75) is 55.7 Å². The quantitative estimate of drug-likeness (QED) is 0.179. The van der Waals surface area contributed by atoms with Crippen LogP contribution in [0.4, 0.5) is 14.5 Å². The molecule has 14 heteroatoms. The van der Waals surface area contributed by atoms with Gasteiger partial charge in [-0.15, -0.1) is 0 Å². The first-order valence-electron chi connectivity index (χ1n) is 14.1. The molecule has 0 spiro atoms. The van der Waals surface area contributed by atoms with Crippen molar-refractivity contribution in [1.29, 1.82) is 0 Å². The number of hydrogen-bond donors (Lipinski definition) is 4. The van der Waals surface area contributed by atoms with Crippen LogP contribution in [0, 0.1) is 17.6 Å². The van der Waals surface area contributed by atoms with Gasteiger partial charge in [0.25, 0.3) is 0 Å². The fourth-order valence-electron chi connectivity index (χ4n) is 5.64. The fraction of sp³-hybridized carbons (Fsp3) is 0.387. The Hall–Kier alpha value is -3.50. The van der Waals surface area contributed by atoms with Gasteiger partial charge in [0.05, 0.1) is 18.1 Å². The summed E-state index contributed by atoms with van der Waals surface area (Å²) >= 11 is 0. The molecule has 242 valence electrons. The number of halogens is 2. The molecule has 2 aliphatic rings. The zero-order valence-corrected chi connectivity index (χ0v) is 24.8. The Morgan fingerprint density at radius 1 is 0.889 bits per heavy atom. The number of benzene rings is 3. The number of amides is 1. The lowest BCUT2D eigenvalue weighted by atomic mass is 9.78. The maximum Gasteiger partial charge on any atom is 0.311 e. The molecule has 3 aromatic carbocycles. The summed E-state index contributed by atoms with van der Waals surface area (Å²) in [5.74, 6) is -2.65. The van der Waals surface area contributed by atoms with Crippen molar-refractivity contribution in [3.63, 3.8) is 0 Å². The first-order chi connectivity index (χ1) is 21.4. The van der Waals surface area contributed by atoms with Crippen LogP contribution >= 0.6 is 0 Å². The van der Waals surface area contributed by atoms with Crippen LogP contribution < -0.4 is 9.08 Å². The maximum absolute atomic E-state index is 13.6. The highest BCUT2D eigenvalue weighted by atomic mass is 32.2. The molecule has 2 heterocycles. The summed E-state index contributed by atoms with van der Waals surface area (Å²) in [7, 11) is -3.19. The molecule has 5 rings (SSSR count). The maximum atomic E-state index is 13.6. The van der Waals surface area contributed by atoms with Crippen LogP contribution in [0.3, 0.4) is 0 Å². The van der Waals surface area contributed by atoms with E-state index in [9.17, 15) is 42.4 Å². The van der Waals surface area contributed by atoms with E-state index in [2.05, 4.69) is 0 Å². The van der Waals surface area contributed by atoms with Crippen molar-refractivity contribution in [2.75, 3.05) is 17.8 Å². The Labute approximate surface area is 258 Å². The molecule has 8 atom stereocenters. The average molecular weight is 650 g/mol. The number of anilines is 1. The van der Waals surface area contributed by atoms with E-state index in [1.807, 2.05) is 0 Å². The molecule has 0 radical (unpaired) electrons. The van der Waals surface area contributed by atoms with E-state index in [4.69, 9.17) is 13.7 Å². The van der Waals surface area contributed by atoms with Gasteiger partial charge in [-0.05, 0) is 72.5 Å². The van der Waals surface area contributed by atoms with E-state index in [0.717, 1.165) is 0 Å². The molecular weight excluding hydrogens is 616 g/mol. The van der Waals surface area contributed by atoms with Gasteiger partial charge in [-0.3, -0.25) is 4.79 Å². The van der Waals surface area contributed by atoms with Crippen molar-refractivity contribution in [3.05, 3.63) is 95.6 Å². The van der Waals surface area contributed by atoms with Crippen LogP contribution in [0.5, 0.6) is 5.75 Å². The van der Waals surface area contributed by atoms with Gasteiger partial charge in [0.2, 0.25) is 5.91 Å². The largest absolute Gasteiger partial charge is 0.388 e. The van der Waals surface area contributed by atoms with Crippen LogP contribution in [-0.4, -0.2) is 78.3 Å². The normalized spacial score (nSPS) is 27.6. The highest BCUT2D eigenvalue weighted by molar-refractivity contribution is 7.87. The average Bonchev–Trinajstić information content (AvgIpc) is 3.01. The number of carbonyl (C=O) groups excluding carboxylic acids is 1. The molecule has 11 nitrogen and oxygen atoms in total. The second-order valence-electron chi connectivity index (χ2n) is 11.0. The van der Waals surface area contributed by atoms with Gasteiger partial charge in [-0.1, -0.05) is 24.3 Å². The number of methoxy groups -OCH3 is 1. The number of β-lactam (4-membered cyclic amide) rings is 1. The third kappa shape index (κ3) is 7.17. The number of rotatable bonds is 11. The molecule has 6 unspecified atom stereocenters. The highest BCUT2D eigenvalue weighted by Crippen LogP contribution is 2.46. The van der Waals surface area contributed by atoms with E-state index in [1.54, 1.807) is 12.1 Å². The summed E-state index contributed by atoms with van der Waals surface area (Å²) in [6.07, 6.45) is -8.27. The minimum absolute atomic E-state index is 0.0739. The smallest absolute Gasteiger partial charge is 0.311 e. The molecule has 1 amide bonds. The summed E-state index contributed by atoms with van der Waals surface area (Å²) in [6.45, 7) is 0. The van der Waals surface area contributed by atoms with Gasteiger partial charge in [-0.2, -0.15) is 8.42 Å². The minimum Gasteiger partial charge on any atom is -0.388 e. The zero-order chi connectivity index (χ0) is 32.5. The van der Waals surface area contributed by atoms with Gasteiger partial charge in [-0.25, -0.2) is 8.78 Å². The SMILES string of the molecule is COC1OC(CS(=O)(=O)Oc2ccc([C@@H]3[C@@H](CCC(O)c4ccc(F)cc4)C(=O)N3c3ccc(F)cc3)cc2)C(O)C(O)C1O. The second kappa shape index (κ2) is 13.5. The van der Waals surface area contributed by atoms with Crippen molar-refractivity contribution in [2.24, 2.45) is 5.92 Å². The molecule has 0 saturated carbocycles. The predicted octanol–water partition coefficient (Wildman–Crippen LogP) is 2.35. The number of ether oxygens (including phenoxy) is 2. The fourth-order valence-corrected chi connectivity index (χ4v) is 6.79. The molecule has 2 aliphatic heterocycles. The molecule has 45 heavy (non-hydrogen) atoms. The molecule has 4 N–H and O–H groups in total. The van der Waals surface area contributed by atoms with Crippen LogP contribution in [0.15, 0.2) is 72.8 Å². The van der Waals surface area contributed by atoms with E-state index in [-0.39, 0.29) is 24.5 Å². The number of aliphatic hydroxyl groups is 4. The van der Waals surface area contributed by atoms with Crippen molar-refractivity contribution in [1.82, 2.24) is 0 Å². The number of nitrogens with zero attached hydrogens (tertiary/aromatic N) is 1. The standard InChI is InChI=1S/C31H33F2NO10S/c1-42-31-29(38)28(37)27(36)25(43-31)16-45(40,41)44-22-12-4-18(5-13-22)26-23(14-15-24(35)17-2-6-19(32)7-3-17)30(39)34(26)21-10-8-20(33)9-11-21/h2-13,23-29,31,35-38H,14-16H2,1H3/t23-,24?,25?,26-,27?,28?,29?,31?/m1/s1. The van der Waals surface area contributed by atoms with Crippen LogP contribution in [0.25, 0.3) is 0 Å². The predicted molar refractivity (Wildman–Crippen MR) is 155 cm³/mol. The Morgan fingerprint density at radius 3 is 2.09 bits per heavy atom. The Bertz CT molecular complexity index is 1570. The Morgan fingerprint density at radius 2 is 1.49 bits per heavy atom. The summed E-state index contributed by atoms with van der Waals surface area (Å²) in [5, 5.41) is 40.8. The van der Waals surface area contributed by atoms with Gasteiger partial charge < -0.3 is 39.0 Å². The Kier molecular flexibility index (Phi) is 9.84. The molecule has 2 saturated heterocycles. The van der Waals surface area contributed by atoms with Crippen molar-refractivity contribution >= 4 is 21.7 Å².